The summed E-state index contributed by atoms with van der Waals surface area (Å²) in [6, 6.07) is 12.8. The number of nitrogens with one attached hydrogen (secondary N) is 1. The van der Waals surface area contributed by atoms with Crippen LogP contribution >= 0.6 is 24.0 Å². The number of anilines is 1. The second-order valence-corrected chi connectivity index (χ2v) is 10.9. The Hall–Kier alpha value is -3.24. The largest absolute Gasteiger partial charge is 0.481 e. The van der Waals surface area contributed by atoms with E-state index in [0.717, 1.165) is 17.7 Å². The lowest BCUT2D eigenvalue weighted by atomic mass is 10.1. The number of carbonyl (C=O) groups excluding carboxylic acids is 2. The van der Waals surface area contributed by atoms with Crippen LogP contribution in [0.2, 0.25) is 0 Å². The minimum Gasteiger partial charge on any atom is -0.481 e. The highest BCUT2D eigenvalue weighted by molar-refractivity contribution is 8.26. The molecule has 0 radical (unpaired) electrons. The van der Waals surface area contributed by atoms with Crippen molar-refractivity contribution in [2.75, 3.05) is 11.9 Å². The van der Waals surface area contributed by atoms with E-state index in [1.807, 2.05) is 30.3 Å². The van der Waals surface area contributed by atoms with Gasteiger partial charge in [0, 0.05) is 24.2 Å². The van der Waals surface area contributed by atoms with Crippen molar-refractivity contribution in [3.05, 3.63) is 53.1 Å². The number of thioether (sulfide) groups is 1. The molecule has 0 spiro atoms. The van der Waals surface area contributed by atoms with Gasteiger partial charge in [0.2, 0.25) is 0 Å². The first kappa shape index (κ1) is 27.3. The second-order valence-electron chi connectivity index (χ2n) is 9.19. The van der Waals surface area contributed by atoms with Gasteiger partial charge >= 0.3 is 12.1 Å². The molecule has 2 aromatic rings. The Morgan fingerprint density at radius 3 is 2.53 bits per heavy atom. The summed E-state index contributed by atoms with van der Waals surface area (Å²) in [6.07, 6.45) is 3.33. The van der Waals surface area contributed by atoms with Crippen molar-refractivity contribution in [2.24, 2.45) is 0 Å². The zero-order valence-electron chi connectivity index (χ0n) is 20.4. The van der Waals surface area contributed by atoms with E-state index in [1.54, 1.807) is 43.9 Å². The molecular weight excluding hydrogens is 498 g/mol. The summed E-state index contributed by atoms with van der Waals surface area (Å²) in [4.78, 5) is 42.2. The van der Waals surface area contributed by atoms with Crippen molar-refractivity contribution in [1.82, 2.24) is 9.88 Å². The van der Waals surface area contributed by atoms with Crippen LogP contribution in [0.5, 0.6) is 0 Å². The number of nitrogens with zero attached hydrogens (tertiary/aromatic N) is 2. The number of aliphatic carboxylic acids is 1. The summed E-state index contributed by atoms with van der Waals surface area (Å²) < 4.78 is 5.76. The number of ether oxygens (including phenoxy) is 1. The third-order valence-corrected chi connectivity index (χ3v) is 6.40. The predicted molar refractivity (Wildman–Crippen MR) is 146 cm³/mol. The van der Waals surface area contributed by atoms with E-state index in [9.17, 15) is 14.4 Å². The fraction of sp³-hybridized carbons (Fsp3) is 0.346. The number of benzene rings is 1. The summed E-state index contributed by atoms with van der Waals surface area (Å²) in [5, 5.41) is 11.4. The van der Waals surface area contributed by atoms with Gasteiger partial charge in [-0.2, -0.15) is 0 Å². The van der Waals surface area contributed by atoms with Crippen LogP contribution in [0, 0.1) is 0 Å². The van der Waals surface area contributed by atoms with Crippen LogP contribution < -0.4 is 5.32 Å². The molecule has 0 bridgehead atoms. The molecule has 36 heavy (non-hydrogen) atoms. The van der Waals surface area contributed by atoms with E-state index < -0.39 is 17.7 Å². The van der Waals surface area contributed by atoms with Crippen molar-refractivity contribution in [2.45, 2.75) is 52.1 Å². The summed E-state index contributed by atoms with van der Waals surface area (Å²) in [5.41, 5.74) is 2.24. The minimum absolute atomic E-state index is 0.128. The average molecular weight is 528 g/mol. The normalized spacial score (nSPS) is 14.9. The van der Waals surface area contributed by atoms with E-state index in [2.05, 4.69) is 10.3 Å². The molecule has 1 aromatic heterocycles. The first-order valence-corrected chi connectivity index (χ1v) is 12.8. The molecule has 190 valence electrons. The highest BCUT2D eigenvalue weighted by Crippen LogP contribution is 2.33. The van der Waals surface area contributed by atoms with Crippen molar-refractivity contribution in [3.63, 3.8) is 0 Å². The number of thiocarbonyl (C=S) groups is 1. The fourth-order valence-electron chi connectivity index (χ4n) is 3.39. The first-order chi connectivity index (χ1) is 17.0. The van der Waals surface area contributed by atoms with Gasteiger partial charge in [0.05, 0.1) is 16.3 Å². The highest BCUT2D eigenvalue weighted by Gasteiger charge is 2.31. The number of unbranched alkanes of at least 4 members (excludes halogenated alkanes) is 2. The van der Waals surface area contributed by atoms with Crippen LogP contribution in [0.4, 0.5) is 10.5 Å². The van der Waals surface area contributed by atoms with Gasteiger partial charge in [0.1, 0.15) is 9.92 Å². The maximum Gasteiger partial charge on any atom is 0.412 e. The number of aromatic nitrogens is 1. The Balaban J connectivity index is 1.64. The number of hydrogen-bond donors (Lipinski definition) is 2. The van der Waals surface area contributed by atoms with Crippen molar-refractivity contribution in [1.29, 1.82) is 0 Å². The lowest BCUT2D eigenvalue weighted by molar-refractivity contribution is -0.137. The highest BCUT2D eigenvalue weighted by atomic mass is 32.2. The molecule has 1 fully saturated rings. The van der Waals surface area contributed by atoms with Gasteiger partial charge in [-0.15, -0.1) is 0 Å². The van der Waals surface area contributed by atoms with Crippen LogP contribution in [0.3, 0.4) is 0 Å². The SMILES string of the molecule is CC(C)(C)OC(=O)Nc1ccc(-c2cccc(/C=C3\SC(=S)N(CCCCCC(=O)O)C3=O)n2)cc1. The number of hydrogen-bond acceptors (Lipinski definition) is 7. The molecule has 0 saturated carbocycles. The molecular formula is C26H29N3O5S2. The number of carboxylic acid groups (broad SMARTS) is 1. The maximum absolute atomic E-state index is 12.8. The van der Waals surface area contributed by atoms with Crippen molar-refractivity contribution >= 4 is 58.0 Å². The summed E-state index contributed by atoms with van der Waals surface area (Å²) in [7, 11) is 0. The van der Waals surface area contributed by atoms with Gasteiger partial charge in [-0.3, -0.25) is 19.8 Å². The van der Waals surface area contributed by atoms with Gasteiger partial charge < -0.3 is 9.84 Å². The number of amides is 2. The van der Waals surface area contributed by atoms with Gasteiger partial charge in [-0.25, -0.2) is 9.78 Å². The Labute approximate surface area is 220 Å². The topological polar surface area (TPSA) is 109 Å². The Morgan fingerprint density at radius 2 is 1.86 bits per heavy atom. The van der Waals surface area contributed by atoms with Crippen molar-refractivity contribution < 1.29 is 24.2 Å². The number of carboxylic acids is 1. The van der Waals surface area contributed by atoms with Crippen molar-refractivity contribution in [3.8, 4) is 11.3 Å². The molecule has 3 rings (SSSR count). The van der Waals surface area contributed by atoms with E-state index in [1.165, 1.54) is 11.8 Å². The van der Waals surface area contributed by atoms with E-state index in [0.29, 0.717) is 40.0 Å². The molecule has 8 nitrogen and oxygen atoms in total. The summed E-state index contributed by atoms with van der Waals surface area (Å²) in [5.74, 6) is -0.973. The Kier molecular flexibility index (Phi) is 9.22. The molecule has 1 saturated heterocycles. The second kappa shape index (κ2) is 12.1. The van der Waals surface area contributed by atoms with Gasteiger partial charge in [0.25, 0.3) is 5.91 Å². The minimum atomic E-state index is -0.813. The quantitative estimate of drug-likeness (QED) is 0.234. The molecule has 0 atom stereocenters. The first-order valence-electron chi connectivity index (χ1n) is 11.6. The molecule has 10 heteroatoms. The molecule has 1 aromatic carbocycles. The fourth-order valence-corrected chi connectivity index (χ4v) is 4.68. The average Bonchev–Trinajstić information content (AvgIpc) is 3.05. The summed E-state index contributed by atoms with van der Waals surface area (Å²) >= 11 is 6.62. The van der Waals surface area contributed by atoms with E-state index in [4.69, 9.17) is 22.1 Å². The zero-order valence-corrected chi connectivity index (χ0v) is 22.1. The molecule has 1 aliphatic rings. The Morgan fingerprint density at radius 1 is 1.14 bits per heavy atom. The zero-order chi connectivity index (χ0) is 26.3. The number of rotatable bonds is 9. The van der Waals surface area contributed by atoms with Gasteiger partial charge in [-0.1, -0.05) is 48.6 Å². The maximum atomic E-state index is 12.8. The Bertz CT molecular complexity index is 1170. The lowest BCUT2D eigenvalue weighted by Crippen LogP contribution is -2.29. The van der Waals surface area contributed by atoms with Crippen LogP contribution in [0.1, 0.15) is 52.1 Å². The van der Waals surface area contributed by atoms with Crippen LogP contribution in [-0.4, -0.2) is 49.4 Å². The molecule has 2 heterocycles. The third kappa shape index (κ3) is 8.17. The van der Waals surface area contributed by atoms with E-state index in [-0.39, 0.29) is 12.3 Å². The number of pyridine rings is 1. The molecule has 0 aliphatic carbocycles. The van der Waals surface area contributed by atoms with Gasteiger partial charge in [-0.05, 0) is 64.0 Å². The monoisotopic (exact) mass is 527 g/mol. The van der Waals surface area contributed by atoms with Gasteiger partial charge in [0.15, 0.2) is 0 Å². The van der Waals surface area contributed by atoms with E-state index >= 15 is 0 Å². The number of carbonyl (C=O) groups is 3. The standard InChI is InChI=1S/C26H29N3O5S2/c1-26(2,3)34-24(33)28-18-13-11-17(12-14-18)20-9-7-8-19(27-20)16-21-23(32)29(25(35)36-21)15-6-4-5-10-22(30)31/h7-9,11-14,16H,4-6,10,15H2,1-3H3,(H,28,33)(H,30,31)/b21-16-. The van der Waals surface area contributed by atoms with Crippen LogP contribution in [0.25, 0.3) is 17.3 Å². The molecule has 2 amide bonds. The lowest BCUT2D eigenvalue weighted by Gasteiger charge is -2.19. The summed E-state index contributed by atoms with van der Waals surface area (Å²) in [6.45, 7) is 5.88. The molecule has 2 N–H and O–H groups in total. The predicted octanol–water partition coefficient (Wildman–Crippen LogP) is 5.94. The smallest absolute Gasteiger partial charge is 0.412 e. The molecule has 0 unspecified atom stereocenters. The van der Waals surface area contributed by atoms with Crippen LogP contribution in [0.15, 0.2) is 47.4 Å². The molecule has 1 aliphatic heterocycles. The van der Waals surface area contributed by atoms with Crippen LogP contribution in [-0.2, 0) is 14.3 Å². The third-order valence-electron chi connectivity index (χ3n) is 5.02.